The van der Waals surface area contributed by atoms with Crippen molar-refractivity contribution in [3.8, 4) is 11.5 Å². The van der Waals surface area contributed by atoms with E-state index >= 15 is 0 Å². The molecule has 0 heterocycles. The summed E-state index contributed by atoms with van der Waals surface area (Å²) >= 11 is 0. The Morgan fingerprint density at radius 2 is 1.75 bits per heavy atom. The van der Waals surface area contributed by atoms with Crippen LogP contribution in [0.2, 0.25) is 18.1 Å². The molecule has 3 aliphatic carbocycles. The van der Waals surface area contributed by atoms with Crippen molar-refractivity contribution < 1.29 is 56.8 Å². The van der Waals surface area contributed by atoms with Crippen LogP contribution in [0.1, 0.15) is 38.3 Å². The lowest BCUT2D eigenvalue weighted by Gasteiger charge is -2.55. The quantitative estimate of drug-likeness (QED) is 0.132. The number of phenolic OH excluding ortho intramolecular Hbond substituents is 1. The Kier molecular flexibility index (Phi) is 9.37. The highest BCUT2D eigenvalue weighted by Crippen LogP contribution is 2.57. The molecule has 1 aromatic carbocycles. The van der Waals surface area contributed by atoms with E-state index in [1.165, 1.54) is 11.9 Å². The third kappa shape index (κ3) is 6.07. The summed E-state index contributed by atoms with van der Waals surface area (Å²) in [6, 6.07) is -0.534. The molecule has 0 radical (unpaired) electrons. The van der Waals surface area contributed by atoms with Gasteiger partial charge in [0, 0.05) is 23.1 Å². The maximum absolute atomic E-state index is 14.9. The number of nitrogens with two attached hydrogens (primary N) is 1. The van der Waals surface area contributed by atoms with Crippen LogP contribution in [0.15, 0.2) is 23.0 Å². The van der Waals surface area contributed by atoms with Gasteiger partial charge in [-0.25, -0.2) is 0 Å². The summed E-state index contributed by atoms with van der Waals surface area (Å²) in [6.45, 7) is 8.86. The minimum absolute atomic E-state index is 0.208. The van der Waals surface area contributed by atoms with Gasteiger partial charge in [0.2, 0.25) is 11.7 Å². The Balaban J connectivity index is 2.06. The number of carbonyl (C=O) groups excluding carboxylic acids is 4. The number of anilines is 1. The first kappa shape index (κ1) is 36.9. The number of benzene rings is 1. The molecule has 2 amide bonds. The van der Waals surface area contributed by atoms with Gasteiger partial charge in [0.15, 0.2) is 25.5 Å². The van der Waals surface area contributed by atoms with Crippen molar-refractivity contribution in [1.29, 1.82) is 0 Å². The van der Waals surface area contributed by atoms with Crippen LogP contribution in [0.25, 0.3) is 5.76 Å². The maximum atomic E-state index is 14.9. The molecule has 264 valence electrons. The largest absolute Gasteiger partial charge is 0.573 e. The molecule has 0 saturated heterocycles. The highest BCUT2D eigenvalue weighted by Gasteiger charge is 2.67. The Labute approximate surface area is 276 Å². The van der Waals surface area contributed by atoms with E-state index < -0.39 is 118 Å². The third-order valence-corrected chi connectivity index (χ3v) is 14.1. The highest BCUT2D eigenvalue weighted by molar-refractivity contribution is 6.74. The van der Waals surface area contributed by atoms with Gasteiger partial charge in [-0.15, -0.1) is 13.2 Å². The molecular weight excluding hydrogens is 657 g/mol. The zero-order chi connectivity index (χ0) is 36.5. The van der Waals surface area contributed by atoms with Gasteiger partial charge in [0.05, 0.1) is 23.8 Å². The van der Waals surface area contributed by atoms with Gasteiger partial charge in [-0.05, 0) is 58.0 Å². The van der Waals surface area contributed by atoms with E-state index in [1.807, 2.05) is 20.8 Å². The summed E-state index contributed by atoms with van der Waals surface area (Å²) in [4.78, 5) is 55.1. The fourth-order valence-electron chi connectivity index (χ4n) is 6.54. The topological polar surface area (TPSA) is 201 Å². The second-order valence-corrected chi connectivity index (χ2v) is 18.8. The monoisotopic (exact) mass is 698 g/mol. The zero-order valence-corrected chi connectivity index (χ0v) is 28.9. The number of ketones is 2. The second-order valence-electron chi connectivity index (χ2n) is 14.1. The van der Waals surface area contributed by atoms with Crippen molar-refractivity contribution >= 4 is 43.1 Å². The van der Waals surface area contributed by atoms with Crippen LogP contribution in [-0.2, 0) is 30.0 Å². The van der Waals surface area contributed by atoms with Crippen molar-refractivity contribution in [2.24, 2.45) is 17.6 Å². The van der Waals surface area contributed by atoms with Crippen molar-refractivity contribution in [3.05, 3.63) is 34.1 Å². The number of nitrogens with one attached hydrogen (secondary N) is 2. The number of ether oxygens (including phenoxy) is 1. The fourth-order valence-corrected chi connectivity index (χ4v) is 7.99. The van der Waals surface area contributed by atoms with Crippen molar-refractivity contribution in [1.82, 2.24) is 10.2 Å². The summed E-state index contributed by atoms with van der Waals surface area (Å²) in [6.07, 6.45) is -5.82. The predicted octanol–water partition coefficient (Wildman–Crippen LogP) is 3.05. The number of alkyl halides is 3. The molecule has 3 aliphatic rings. The average Bonchev–Trinajstić information content (AvgIpc) is 2.90. The van der Waals surface area contributed by atoms with Gasteiger partial charge in [0.25, 0.3) is 5.91 Å². The van der Waals surface area contributed by atoms with E-state index in [4.69, 9.17) is 10.2 Å². The van der Waals surface area contributed by atoms with Gasteiger partial charge in [0.1, 0.15) is 22.8 Å². The lowest BCUT2D eigenvalue weighted by Crippen LogP contribution is -2.69. The molecule has 0 aromatic heterocycles. The highest BCUT2D eigenvalue weighted by atomic mass is 28.4. The van der Waals surface area contributed by atoms with Gasteiger partial charge in [-0.1, -0.05) is 20.8 Å². The first-order chi connectivity index (χ1) is 21.9. The molecule has 48 heavy (non-hydrogen) atoms. The number of hydrogen-bond donors (Lipinski definition) is 6. The molecule has 17 heteroatoms. The van der Waals surface area contributed by atoms with Crippen LogP contribution in [0.3, 0.4) is 0 Å². The van der Waals surface area contributed by atoms with Crippen LogP contribution in [0, 0.1) is 11.8 Å². The third-order valence-electron chi connectivity index (χ3n) is 9.62. The first-order valence-corrected chi connectivity index (χ1v) is 18.0. The number of nitrogens with zero attached hydrogens (tertiary/aromatic N) is 1. The normalized spacial score (nSPS) is 24.7. The van der Waals surface area contributed by atoms with Gasteiger partial charge >= 0.3 is 6.36 Å². The molecular formula is C31H41F3N4O9Si. The fraction of sp³-hybridized carbons (Fsp3) is 0.548. The number of likely N-dealkylation sites (N-methyl/N-ethyl adjacent to an activating group) is 2. The molecule has 1 saturated carbocycles. The van der Waals surface area contributed by atoms with Crippen LogP contribution in [0.4, 0.5) is 18.9 Å². The summed E-state index contributed by atoms with van der Waals surface area (Å²) in [5.41, 5.74) is 0.391. The molecule has 7 N–H and O–H groups in total. The standard InChI is InChI=1S/C31H41F3N4O9Si/c1-29(2,3)48(7,8)47-30-15(22(36-4)25(42)21(27(30)44)28(35)45)10-13-9-14-17(46-31(32,33)34)11-16(37-18(39)12-38(5)6)23(40)20(14)24(41)19(13)26(30)43/h11,13,15,22,36,40-41,44H,9-10,12H2,1-8H3,(H2,35,45)(H,37,39)/t13-,15-,22-,30-/m0/s1. The van der Waals surface area contributed by atoms with Crippen molar-refractivity contribution in [2.75, 3.05) is 33.0 Å². The summed E-state index contributed by atoms with van der Waals surface area (Å²) < 4.78 is 51.9. The molecule has 13 nitrogen and oxygen atoms in total. The summed E-state index contributed by atoms with van der Waals surface area (Å²) in [7, 11) is 1.41. The molecule has 1 fully saturated rings. The number of aliphatic hydroxyl groups excluding tert-OH is 2. The lowest BCUT2D eigenvalue weighted by atomic mass is 9.57. The minimum atomic E-state index is -5.22. The van der Waals surface area contributed by atoms with Crippen molar-refractivity contribution in [2.45, 2.75) is 69.8 Å². The van der Waals surface area contributed by atoms with E-state index in [0.29, 0.717) is 0 Å². The van der Waals surface area contributed by atoms with E-state index in [0.717, 1.165) is 6.07 Å². The van der Waals surface area contributed by atoms with Crippen LogP contribution in [-0.4, -0.2) is 97.6 Å². The Morgan fingerprint density at radius 1 is 1.15 bits per heavy atom. The number of hydrogen-bond acceptors (Lipinski definition) is 11. The number of primary amides is 1. The minimum Gasteiger partial charge on any atom is -0.508 e. The second kappa shape index (κ2) is 12.2. The van der Waals surface area contributed by atoms with Gasteiger partial charge in [-0.3, -0.25) is 19.2 Å². The number of Topliss-reactive ketones (excluding diaryl/α,β-unsaturated/α-hetero) is 2. The van der Waals surface area contributed by atoms with E-state index in [2.05, 4.69) is 15.4 Å². The molecule has 0 spiro atoms. The number of aromatic hydroxyl groups is 1. The van der Waals surface area contributed by atoms with Crippen LogP contribution in [0.5, 0.6) is 11.5 Å². The first-order valence-electron chi connectivity index (χ1n) is 15.1. The number of carbonyl (C=O) groups is 4. The predicted molar refractivity (Wildman–Crippen MR) is 170 cm³/mol. The lowest BCUT2D eigenvalue weighted by molar-refractivity contribution is -0.275. The van der Waals surface area contributed by atoms with Crippen molar-refractivity contribution in [3.63, 3.8) is 0 Å². The SMILES string of the molecule is CN[C@@H]1C(=O)C(C(N)=O)=C(O)[C@@]2(O[Si](C)(C)C(C)(C)C)C(=O)C3=C(O)c4c(O)c(NC(=O)CN(C)C)cc(OC(F)(F)F)c4C[C@H]3C[C@@H]12. The van der Waals surface area contributed by atoms with E-state index in [9.17, 15) is 47.7 Å². The van der Waals surface area contributed by atoms with Gasteiger partial charge < -0.3 is 45.7 Å². The Hall–Kier alpha value is -3.93. The number of aliphatic hydroxyl groups is 2. The number of amides is 2. The average molecular weight is 699 g/mol. The van der Waals surface area contributed by atoms with Crippen LogP contribution < -0.4 is 21.1 Å². The molecule has 4 atom stereocenters. The Bertz CT molecular complexity index is 1650. The smallest absolute Gasteiger partial charge is 0.508 e. The van der Waals surface area contributed by atoms with E-state index in [-0.39, 0.29) is 18.5 Å². The summed E-state index contributed by atoms with van der Waals surface area (Å²) in [5, 5.41) is 39.3. The number of phenols is 1. The van der Waals surface area contributed by atoms with Gasteiger partial charge in [-0.2, -0.15) is 0 Å². The molecule has 0 aliphatic heterocycles. The van der Waals surface area contributed by atoms with E-state index in [1.54, 1.807) is 27.2 Å². The summed E-state index contributed by atoms with van der Waals surface area (Å²) in [5.74, 6) is -9.92. The zero-order valence-electron chi connectivity index (χ0n) is 27.9. The Morgan fingerprint density at radius 3 is 2.25 bits per heavy atom. The van der Waals surface area contributed by atoms with Crippen LogP contribution >= 0.6 is 0 Å². The molecule has 4 rings (SSSR count). The molecule has 0 unspecified atom stereocenters. The number of rotatable bonds is 8. The molecule has 1 aromatic rings. The maximum Gasteiger partial charge on any atom is 0.573 e. The number of fused-ring (bicyclic) bond motifs is 3. The molecule has 0 bridgehead atoms. The number of halogens is 3.